The number of aromatic nitrogens is 3. The van der Waals surface area contributed by atoms with Crippen LogP contribution >= 0.6 is 27.7 Å². The van der Waals surface area contributed by atoms with Crippen molar-refractivity contribution in [2.75, 3.05) is 0 Å². The minimum atomic E-state index is 0.0936. The van der Waals surface area contributed by atoms with Gasteiger partial charge in [0.1, 0.15) is 5.82 Å². The smallest absolute Gasteiger partial charge is 0.195 e. The molecular weight excluding hydrogens is 348 g/mol. The Kier molecular flexibility index (Phi) is 5.11. The van der Waals surface area contributed by atoms with Gasteiger partial charge in [0.2, 0.25) is 0 Å². The monoisotopic (exact) mass is 368 g/mol. The summed E-state index contributed by atoms with van der Waals surface area (Å²) in [4.78, 5) is 1.19. The summed E-state index contributed by atoms with van der Waals surface area (Å²) in [5, 5.41) is 12.8. The van der Waals surface area contributed by atoms with Crippen LogP contribution in [0.1, 0.15) is 32.2 Å². The van der Waals surface area contributed by atoms with Gasteiger partial charge in [-0.15, -0.1) is 10.2 Å². The van der Waals surface area contributed by atoms with Crippen LogP contribution in [0.25, 0.3) is 0 Å². The molecular formula is C15H21BrN4S. The number of hydrogen-bond donors (Lipinski definition) is 1. The first-order chi connectivity index (χ1) is 9.76. The average molecular weight is 369 g/mol. The van der Waals surface area contributed by atoms with Gasteiger partial charge < -0.3 is 9.88 Å². The number of rotatable bonds is 4. The zero-order valence-corrected chi connectivity index (χ0v) is 15.5. The molecule has 1 heterocycles. The lowest BCUT2D eigenvalue weighted by molar-refractivity contribution is 0.422. The Morgan fingerprint density at radius 2 is 2.00 bits per heavy atom. The molecule has 114 valence electrons. The second-order valence-corrected chi connectivity index (χ2v) is 7.97. The summed E-state index contributed by atoms with van der Waals surface area (Å²) in [7, 11) is 1.99. The molecule has 0 radical (unpaired) electrons. The van der Waals surface area contributed by atoms with E-state index in [1.165, 1.54) is 10.5 Å². The lowest BCUT2D eigenvalue weighted by atomic mass is 10.1. The fourth-order valence-electron chi connectivity index (χ4n) is 1.70. The third kappa shape index (κ3) is 4.56. The molecule has 0 saturated carbocycles. The first-order valence-electron chi connectivity index (χ1n) is 6.83. The molecule has 0 atom stereocenters. The maximum atomic E-state index is 4.23. The zero-order chi connectivity index (χ0) is 15.6. The van der Waals surface area contributed by atoms with Gasteiger partial charge in [0.25, 0.3) is 0 Å². The molecule has 0 fully saturated rings. The van der Waals surface area contributed by atoms with Crippen LogP contribution in [0.4, 0.5) is 0 Å². The van der Waals surface area contributed by atoms with E-state index in [0.29, 0.717) is 0 Å². The molecule has 0 aliphatic carbocycles. The Morgan fingerprint density at radius 1 is 1.29 bits per heavy atom. The predicted octanol–water partition coefficient (Wildman–Crippen LogP) is 3.93. The number of benzene rings is 1. The molecule has 1 aromatic carbocycles. The third-order valence-corrected chi connectivity index (χ3v) is 4.72. The first-order valence-corrected chi connectivity index (χ1v) is 8.44. The van der Waals surface area contributed by atoms with Crippen molar-refractivity contribution in [3.8, 4) is 0 Å². The average Bonchev–Trinajstić information content (AvgIpc) is 2.69. The quantitative estimate of drug-likeness (QED) is 0.887. The topological polar surface area (TPSA) is 42.7 Å². The summed E-state index contributed by atoms with van der Waals surface area (Å²) in [5.41, 5.74) is 1.36. The van der Waals surface area contributed by atoms with Crippen molar-refractivity contribution in [3.63, 3.8) is 0 Å². The number of nitrogens with one attached hydrogen (secondary N) is 1. The van der Waals surface area contributed by atoms with Crippen LogP contribution in [-0.2, 0) is 13.6 Å². The van der Waals surface area contributed by atoms with E-state index in [4.69, 9.17) is 0 Å². The highest BCUT2D eigenvalue weighted by Crippen LogP contribution is 2.31. The van der Waals surface area contributed by atoms with Gasteiger partial charge in [0.05, 0.1) is 0 Å². The third-order valence-electron chi connectivity index (χ3n) is 3.09. The summed E-state index contributed by atoms with van der Waals surface area (Å²) in [5.74, 6) is 0.918. The standard InChI is InChI=1S/C15H21BrN4S/c1-10-18-19-14(20(10)5)21-13-8-12(16)7-6-11(13)9-17-15(2,3)4/h6-8,17H,9H2,1-5H3. The Labute approximate surface area is 138 Å². The fraction of sp³-hybridized carbons (Fsp3) is 0.467. The highest BCUT2D eigenvalue weighted by atomic mass is 79.9. The SMILES string of the molecule is Cc1nnc(Sc2cc(Br)ccc2CNC(C)(C)C)n1C. The highest BCUT2D eigenvalue weighted by Gasteiger charge is 2.13. The van der Waals surface area contributed by atoms with Gasteiger partial charge in [-0.3, -0.25) is 0 Å². The van der Waals surface area contributed by atoms with E-state index in [-0.39, 0.29) is 5.54 Å². The number of halogens is 1. The lowest BCUT2D eigenvalue weighted by Gasteiger charge is -2.21. The van der Waals surface area contributed by atoms with E-state index in [1.807, 2.05) is 18.5 Å². The van der Waals surface area contributed by atoms with Crippen molar-refractivity contribution in [2.24, 2.45) is 7.05 Å². The minimum Gasteiger partial charge on any atom is -0.309 e. The van der Waals surface area contributed by atoms with E-state index >= 15 is 0 Å². The van der Waals surface area contributed by atoms with Crippen LogP contribution < -0.4 is 5.32 Å². The second-order valence-electron chi connectivity index (χ2n) is 6.05. The van der Waals surface area contributed by atoms with Gasteiger partial charge in [0.15, 0.2) is 5.16 Å². The Bertz CT molecular complexity index is 631. The predicted molar refractivity (Wildman–Crippen MR) is 90.6 cm³/mol. The number of aryl methyl sites for hydroxylation is 1. The first kappa shape index (κ1) is 16.5. The molecule has 0 amide bonds. The van der Waals surface area contributed by atoms with Gasteiger partial charge in [-0.05, 0) is 57.2 Å². The summed E-state index contributed by atoms with van der Waals surface area (Å²) >= 11 is 5.19. The maximum absolute atomic E-state index is 4.23. The normalized spacial score (nSPS) is 11.9. The molecule has 0 saturated heterocycles. The molecule has 0 spiro atoms. The molecule has 1 N–H and O–H groups in total. The molecule has 0 bridgehead atoms. The maximum Gasteiger partial charge on any atom is 0.195 e. The van der Waals surface area contributed by atoms with Crippen molar-refractivity contribution in [2.45, 2.75) is 49.8 Å². The van der Waals surface area contributed by atoms with Crippen LogP contribution in [0.3, 0.4) is 0 Å². The van der Waals surface area contributed by atoms with E-state index in [2.05, 4.69) is 70.4 Å². The van der Waals surface area contributed by atoms with Crippen LogP contribution in [-0.4, -0.2) is 20.3 Å². The molecule has 0 aliphatic heterocycles. The van der Waals surface area contributed by atoms with Crippen LogP contribution in [0.2, 0.25) is 0 Å². The fourth-order valence-corrected chi connectivity index (χ4v) is 3.22. The molecule has 0 aliphatic rings. The summed E-state index contributed by atoms with van der Waals surface area (Å²) in [6.45, 7) is 9.30. The highest BCUT2D eigenvalue weighted by molar-refractivity contribution is 9.10. The minimum absolute atomic E-state index is 0.0936. The van der Waals surface area contributed by atoms with Gasteiger partial charge >= 0.3 is 0 Å². The molecule has 1 aromatic heterocycles. The van der Waals surface area contributed by atoms with Gasteiger partial charge in [-0.1, -0.05) is 22.0 Å². The Hall–Kier alpha value is -0.850. The molecule has 0 unspecified atom stereocenters. The van der Waals surface area contributed by atoms with Crippen molar-refractivity contribution < 1.29 is 0 Å². The Balaban J connectivity index is 2.25. The largest absolute Gasteiger partial charge is 0.309 e. The van der Waals surface area contributed by atoms with Crippen LogP contribution in [0, 0.1) is 6.92 Å². The Morgan fingerprint density at radius 3 is 2.57 bits per heavy atom. The summed E-state index contributed by atoms with van der Waals surface area (Å²) < 4.78 is 3.08. The molecule has 21 heavy (non-hydrogen) atoms. The van der Waals surface area contributed by atoms with Gasteiger partial charge in [0, 0.05) is 28.5 Å². The van der Waals surface area contributed by atoms with Crippen LogP contribution in [0.15, 0.2) is 32.7 Å². The van der Waals surface area contributed by atoms with Crippen LogP contribution in [0.5, 0.6) is 0 Å². The van der Waals surface area contributed by atoms with E-state index in [9.17, 15) is 0 Å². The molecule has 2 aromatic rings. The second kappa shape index (κ2) is 6.50. The molecule has 4 nitrogen and oxygen atoms in total. The lowest BCUT2D eigenvalue weighted by Crippen LogP contribution is -2.35. The van der Waals surface area contributed by atoms with Gasteiger partial charge in [-0.2, -0.15) is 0 Å². The summed E-state index contributed by atoms with van der Waals surface area (Å²) in [6.07, 6.45) is 0. The van der Waals surface area contributed by atoms with Crippen molar-refractivity contribution in [3.05, 3.63) is 34.1 Å². The zero-order valence-electron chi connectivity index (χ0n) is 13.1. The number of nitrogens with zero attached hydrogens (tertiary/aromatic N) is 3. The van der Waals surface area contributed by atoms with E-state index in [0.717, 1.165) is 22.0 Å². The van der Waals surface area contributed by atoms with Crippen molar-refractivity contribution >= 4 is 27.7 Å². The summed E-state index contributed by atoms with van der Waals surface area (Å²) in [6, 6.07) is 6.36. The van der Waals surface area contributed by atoms with E-state index in [1.54, 1.807) is 11.8 Å². The van der Waals surface area contributed by atoms with Gasteiger partial charge in [-0.25, -0.2) is 0 Å². The molecule has 6 heteroatoms. The van der Waals surface area contributed by atoms with Crippen molar-refractivity contribution in [1.82, 2.24) is 20.1 Å². The van der Waals surface area contributed by atoms with Crippen molar-refractivity contribution in [1.29, 1.82) is 0 Å². The number of hydrogen-bond acceptors (Lipinski definition) is 4. The molecule has 2 rings (SSSR count). The van der Waals surface area contributed by atoms with E-state index < -0.39 is 0 Å².